The van der Waals surface area contributed by atoms with Gasteiger partial charge >= 0.3 is 0 Å². The zero-order valence-electron chi connectivity index (χ0n) is 16.4. The van der Waals surface area contributed by atoms with Crippen molar-refractivity contribution in [3.05, 3.63) is 35.4 Å². The molecule has 0 atom stereocenters. The normalized spacial score (nSPS) is 21.1. The maximum Gasteiger partial charge on any atom is 0.0368 e. The van der Waals surface area contributed by atoms with Gasteiger partial charge in [0.05, 0.1) is 0 Å². The van der Waals surface area contributed by atoms with Crippen LogP contribution in [0.1, 0.15) is 82.8 Å². The first-order valence-electron chi connectivity index (χ1n) is 10.9. The van der Waals surface area contributed by atoms with Gasteiger partial charge in [-0.05, 0) is 36.3 Å². The molecular formula is C23H40Si. The lowest BCUT2D eigenvalue weighted by atomic mass is 9.94. The van der Waals surface area contributed by atoms with Crippen molar-refractivity contribution in [2.24, 2.45) is 5.92 Å². The number of benzene rings is 1. The summed E-state index contributed by atoms with van der Waals surface area (Å²) in [5, 5.41) is 0. The average Bonchev–Trinajstić information content (AvgIpc) is 2.62. The topological polar surface area (TPSA) is 0 Å². The maximum atomic E-state index is 2.36. The van der Waals surface area contributed by atoms with Crippen LogP contribution in [-0.4, -0.2) is 8.80 Å². The van der Waals surface area contributed by atoms with Crippen molar-refractivity contribution >= 4 is 8.80 Å². The first-order valence-corrected chi connectivity index (χ1v) is 13.3. The smallest absolute Gasteiger partial charge is 0.0368 e. The fourth-order valence-corrected chi connectivity index (χ4v) is 8.03. The van der Waals surface area contributed by atoms with Crippen LogP contribution in [0.2, 0.25) is 18.1 Å². The molecule has 0 saturated carbocycles. The van der Waals surface area contributed by atoms with Crippen molar-refractivity contribution in [3.63, 3.8) is 0 Å². The van der Waals surface area contributed by atoms with E-state index >= 15 is 0 Å². The Morgan fingerprint density at radius 2 is 1.46 bits per heavy atom. The summed E-state index contributed by atoms with van der Waals surface area (Å²) in [7, 11) is -0.297. The summed E-state index contributed by atoms with van der Waals surface area (Å²) in [6.45, 7) is 4.59. The Morgan fingerprint density at radius 3 is 2.08 bits per heavy atom. The van der Waals surface area contributed by atoms with Crippen LogP contribution in [0.4, 0.5) is 0 Å². The highest BCUT2D eigenvalue weighted by Gasteiger charge is 2.21. The van der Waals surface area contributed by atoms with Crippen LogP contribution >= 0.6 is 0 Å². The second kappa shape index (κ2) is 11.9. The summed E-state index contributed by atoms with van der Waals surface area (Å²) in [4.78, 5) is 0. The molecule has 24 heavy (non-hydrogen) atoms. The van der Waals surface area contributed by atoms with Crippen molar-refractivity contribution in [1.29, 1.82) is 0 Å². The van der Waals surface area contributed by atoms with Gasteiger partial charge in [-0.15, -0.1) is 0 Å². The zero-order valence-corrected chi connectivity index (χ0v) is 17.5. The van der Waals surface area contributed by atoms with E-state index in [1.165, 1.54) is 63.4 Å². The van der Waals surface area contributed by atoms with Gasteiger partial charge in [0.1, 0.15) is 0 Å². The molecule has 1 heterocycles. The Labute approximate surface area is 153 Å². The number of unbranched alkanes of at least 4 members (excludes halogenated alkanes) is 3. The van der Waals surface area contributed by atoms with Crippen LogP contribution in [0, 0.1) is 5.92 Å². The standard InChI is InChI=1S/C23H40Si/c1-3-5-8-18-24-19-16-23(17-20-24)11-7-6-10-22-14-12-21(9-4-2)13-15-22/h12-15,23-24H,3-11,16-20H2,1-2H3. The first kappa shape index (κ1) is 19.8. The summed E-state index contributed by atoms with van der Waals surface area (Å²) >= 11 is 0. The Kier molecular flexibility index (Phi) is 9.80. The molecule has 0 aliphatic carbocycles. The second-order valence-corrected chi connectivity index (χ2v) is 11.7. The van der Waals surface area contributed by atoms with E-state index < -0.39 is 0 Å². The SMILES string of the molecule is CCCCC[SiH]1CCC(CCCCc2ccc(CCC)cc2)CC1. The number of aryl methyl sites for hydroxylation is 2. The molecule has 1 aromatic carbocycles. The zero-order chi connectivity index (χ0) is 17.0. The van der Waals surface area contributed by atoms with Gasteiger partial charge in [-0.1, -0.05) is 108 Å². The van der Waals surface area contributed by atoms with E-state index in [9.17, 15) is 0 Å². The molecule has 1 saturated heterocycles. The molecule has 0 aromatic heterocycles. The quantitative estimate of drug-likeness (QED) is 0.294. The lowest BCUT2D eigenvalue weighted by Crippen LogP contribution is -2.21. The predicted octanol–water partition coefficient (Wildman–Crippen LogP) is 7.18. The van der Waals surface area contributed by atoms with Crippen LogP contribution in [0.5, 0.6) is 0 Å². The van der Waals surface area contributed by atoms with Crippen molar-refractivity contribution in [3.8, 4) is 0 Å². The van der Waals surface area contributed by atoms with E-state index in [0.717, 1.165) is 5.92 Å². The molecule has 2 rings (SSSR count). The Bertz CT molecular complexity index is 414. The van der Waals surface area contributed by atoms with Gasteiger partial charge in [-0.3, -0.25) is 0 Å². The Balaban J connectivity index is 1.53. The van der Waals surface area contributed by atoms with Gasteiger partial charge in [0, 0.05) is 8.80 Å². The predicted molar refractivity (Wildman–Crippen MR) is 112 cm³/mol. The van der Waals surface area contributed by atoms with Gasteiger partial charge in [0.2, 0.25) is 0 Å². The third-order valence-corrected chi connectivity index (χ3v) is 9.60. The summed E-state index contributed by atoms with van der Waals surface area (Å²) in [5.41, 5.74) is 3.04. The molecule has 0 spiro atoms. The Hall–Kier alpha value is -0.563. The van der Waals surface area contributed by atoms with Gasteiger partial charge in [0.15, 0.2) is 0 Å². The van der Waals surface area contributed by atoms with Crippen LogP contribution in [0.3, 0.4) is 0 Å². The molecule has 136 valence electrons. The summed E-state index contributed by atoms with van der Waals surface area (Å²) in [6.07, 6.45) is 15.7. The van der Waals surface area contributed by atoms with Gasteiger partial charge in [-0.25, -0.2) is 0 Å². The van der Waals surface area contributed by atoms with Crippen LogP contribution in [0.15, 0.2) is 24.3 Å². The summed E-state index contributed by atoms with van der Waals surface area (Å²) in [5.74, 6) is 1.08. The molecular weight excluding hydrogens is 304 g/mol. The first-order chi connectivity index (χ1) is 11.8. The van der Waals surface area contributed by atoms with E-state index in [0.29, 0.717) is 0 Å². The molecule has 1 aromatic rings. The van der Waals surface area contributed by atoms with Crippen LogP contribution in [-0.2, 0) is 12.8 Å². The molecule has 1 fully saturated rings. The molecule has 0 radical (unpaired) electrons. The highest BCUT2D eigenvalue weighted by Crippen LogP contribution is 2.31. The highest BCUT2D eigenvalue weighted by molar-refractivity contribution is 6.58. The second-order valence-electron chi connectivity index (χ2n) is 8.19. The van der Waals surface area contributed by atoms with Crippen molar-refractivity contribution < 1.29 is 0 Å². The molecule has 0 N–H and O–H groups in total. The monoisotopic (exact) mass is 344 g/mol. The van der Waals surface area contributed by atoms with Crippen LogP contribution in [0.25, 0.3) is 0 Å². The van der Waals surface area contributed by atoms with Crippen molar-refractivity contribution in [2.75, 3.05) is 0 Å². The van der Waals surface area contributed by atoms with E-state index in [2.05, 4.69) is 38.1 Å². The molecule has 0 nitrogen and oxygen atoms in total. The summed E-state index contributed by atoms with van der Waals surface area (Å²) < 4.78 is 0. The molecule has 1 aliphatic rings. The van der Waals surface area contributed by atoms with Gasteiger partial charge in [-0.2, -0.15) is 0 Å². The maximum absolute atomic E-state index is 2.36. The average molecular weight is 345 g/mol. The molecule has 0 amide bonds. The van der Waals surface area contributed by atoms with Gasteiger partial charge < -0.3 is 0 Å². The summed E-state index contributed by atoms with van der Waals surface area (Å²) in [6, 6.07) is 14.4. The largest absolute Gasteiger partial charge is 0.0654 e. The van der Waals surface area contributed by atoms with Crippen molar-refractivity contribution in [1.82, 2.24) is 0 Å². The van der Waals surface area contributed by atoms with E-state index in [1.807, 2.05) is 0 Å². The molecule has 1 aliphatic heterocycles. The molecule has 1 heteroatoms. The van der Waals surface area contributed by atoms with E-state index in [4.69, 9.17) is 0 Å². The minimum Gasteiger partial charge on any atom is -0.0654 e. The lowest BCUT2D eigenvalue weighted by Gasteiger charge is -2.27. The van der Waals surface area contributed by atoms with Crippen molar-refractivity contribution in [2.45, 2.75) is 103 Å². The van der Waals surface area contributed by atoms with E-state index in [-0.39, 0.29) is 8.80 Å². The number of rotatable bonds is 11. The fraction of sp³-hybridized carbons (Fsp3) is 0.739. The number of hydrogen-bond acceptors (Lipinski definition) is 0. The number of hydrogen-bond donors (Lipinski definition) is 0. The molecule has 0 unspecified atom stereocenters. The lowest BCUT2D eigenvalue weighted by molar-refractivity contribution is 0.417. The van der Waals surface area contributed by atoms with Crippen LogP contribution < -0.4 is 0 Å². The Morgan fingerprint density at radius 1 is 0.792 bits per heavy atom. The third-order valence-electron chi connectivity index (χ3n) is 6.07. The van der Waals surface area contributed by atoms with Gasteiger partial charge in [0.25, 0.3) is 0 Å². The minimum absolute atomic E-state index is 0.297. The fourth-order valence-electron chi connectivity index (χ4n) is 4.42. The highest BCUT2D eigenvalue weighted by atomic mass is 28.3. The minimum atomic E-state index is -0.297. The van der Waals surface area contributed by atoms with E-state index in [1.54, 1.807) is 36.5 Å². The molecule has 0 bridgehead atoms. The third kappa shape index (κ3) is 7.55.